The molecule has 176 valence electrons. The topological polar surface area (TPSA) is 65.1 Å². The molecular weight excluding hydrogens is 416 g/mol. The van der Waals surface area contributed by atoms with Gasteiger partial charge in [0.25, 0.3) is 0 Å². The molecule has 0 unspecified atom stereocenters. The Balaban J connectivity index is 1.45. The Morgan fingerprint density at radius 2 is 1.67 bits per heavy atom. The summed E-state index contributed by atoms with van der Waals surface area (Å²) in [5.74, 6) is 0.794. The minimum absolute atomic E-state index is 0.0771. The van der Waals surface area contributed by atoms with Crippen LogP contribution in [0.15, 0.2) is 48.5 Å². The van der Waals surface area contributed by atoms with E-state index in [-0.39, 0.29) is 11.8 Å². The highest BCUT2D eigenvalue weighted by Gasteiger charge is 2.32. The molecule has 0 spiro atoms. The number of benzene rings is 2. The van der Waals surface area contributed by atoms with Crippen molar-refractivity contribution >= 4 is 17.5 Å². The van der Waals surface area contributed by atoms with Crippen molar-refractivity contribution in [1.82, 2.24) is 14.7 Å². The number of amides is 2. The van der Waals surface area contributed by atoms with E-state index in [1.54, 1.807) is 7.11 Å². The van der Waals surface area contributed by atoms with Crippen LogP contribution in [-0.4, -0.2) is 79.4 Å². The first-order valence-corrected chi connectivity index (χ1v) is 11.8. The molecule has 2 aliphatic heterocycles. The lowest BCUT2D eigenvalue weighted by Gasteiger charge is -2.39. The van der Waals surface area contributed by atoms with Gasteiger partial charge in [0.2, 0.25) is 11.8 Å². The van der Waals surface area contributed by atoms with E-state index in [0.29, 0.717) is 18.0 Å². The van der Waals surface area contributed by atoms with Crippen molar-refractivity contribution in [3.8, 4) is 5.75 Å². The van der Waals surface area contributed by atoms with Crippen molar-refractivity contribution in [3.63, 3.8) is 0 Å². The summed E-state index contributed by atoms with van der Waals surface area (Å²) in [5, 5.41) is 3.10. The van der Waals surface area contributed by atoms with Crippen LogP contribution >= 0.6 is 0 Å². The van der Waals surface area contributed by atoms with Gasteiger partial charge in [-0.15, -0.1) is 0 Å². The highest BCUT2D eigenvalue weighted by molar-refractivity contribution is 5.97. The van der Waals surface area contributed by atoms with Gasteiger partial charge in [0.15, 0.2) is 0 Å². The van der Waals surface area contributed by atoms with Gasteiger partial charge in [-0.25, -0.2) is 0 Å². The predicted octanol–water partition coefficient (Wildman–Crippen LogP) is 2.92. The van der Waals surface area contributed by atoms with Crippen LogP contribution in [0.2, 0.25) is 0 Å². The highest BCUT2D eigenvalue weighted by atomic mass is 16.5. The van der Waals surface area contributed by atoms with Crippen LogP contribution in [0.5, 0.6) is 5.75 Å². The molecule has 2 fully saturated rings. The second-order valence-corrected chi connectivity index (χ2v) is 8.91. The summed E-state index contributed by atoms with van der Waals surface area (Å²) in [6.07, 6.45) is 2.22. The molecule has 2 aromatic rings. The van der Waals surface area contributed by atoms with E-state index >= 15 is 0 Å². The predicted molar refractivity (Wildman–Crippen MR) is 129 cm³/mol. The Kier molecular flexibility index (Phi) is 7.62. The normalized spacial score (nSPS) is 18.2. The SMILES string of the molecule is COc1ccc(C)cc1NC(=O)[C@H](c1ccccc1)N1CCN(CC(=O)N2CCCC2)CC1. The van der Waals surface area contributed by atoms with E-state index in [4.69, 9.17) is 4.74 Å². The Morgan fingerprint density at radius 3 is 2.33 bits per heavy atom. The Labute approximate surface area is 196 Å². The molecule has 7 nitrogen and oxygen atoms in total. The number of nitrogens with zero attached hydrogens (tertiary/aromatic N) is 3. The molecule has 2 amide bonds. The Morgan fingerprint density at radius 1 is 0.970 bits per heavy atom. The number of piperazine rings is 1. The van der Waals surface area contributed by atoms with E-state index in [2.05, 4.69) is 15.1 Å². The number of carbonyl (C=O) groups is 2. The number of carbonyl (C=O) groups excluding carboxylic acids is 2. The van der Waals surface area contributed by atoms with Crippen molar-refractivity contribution < 1.29 is 14.3 Å². The van der Waals surface area contributed by atoms with Gasteiger partial charge in [-0.05, 0) is 43.0 Å². The quantitative estimate of drug-likeness (QED) is 0.703. The van der Waals surface area contributed by atoms with Gasteiger partial charge in [-0.3, -0.25) is 19.4 Å². The standard InChI is InChI=1S/C26H34N4O3/c1-20-10-11-23(33-2)22(18-20)27-26(32)25(21-8-4-3-5-9-21)30-16-14-28(15-17-30)19-24(31)29-12-6-7-13-29/h3-5,8-11,18,25H,6-7,12-17,19H2,1-2H3,(H,27,32)/t25-/m0/s1. The number of rotatable bonds is 7. The summed E-state index contributed by atoms with van der Waals surface area (Å²) < 4.78 is 5.45. The molecule has 0 aliphatic carbocycles. The van der Waals surface area contributed by atoms with Crippen LogP contribution in [0.25, 0.3) is 0 Å². The number of nitrogens with one attached hydrogen (secondary N) is 1. The zero-order chi connectivity index (χ0) is 23.2. The average Bonchev–Trinajstić information content (AvgIpc) is 3.37. The fraction of sp³-hybridized carbons (Fsp3) is 0.462. The number of likely N-dealkylation sites (tertiary alicyclic amines) is 1. The summed E-state index contributed by atoms with van der Waals surface area (Å²) in [7, 11) is 1.61. The highest BCUT2D eigenvalue weighted by Crippen LogP contribution is 2.29. The number of hydrogen-bond acceptors (Lipinski definition) is 5. The number of anilines is 1. The fourth-order valence-corrected chi connectivity index (χ4v) is 4.72. The minimum atomic E-state index is -0.409. The first-order chi connectivity index (χ1) is 16.0. The van der Waals surface area contributed by atoms with E-state index in [1.165, 1.54) is 0 Å². The summed E-state index contributed by atoms with van der Waals surface area (Å²) in [6, 6.07) is 15.3. The first-order valence-electron chi connectivity index (χ1n) is 11.8. The second-order valence-electron chi connectivity index (χ2n) is 8.91. The van der Waals surface area contributed by atoms with E-state index in [1.807, 2.05) is 60.4 Å². The van der Waals surface area contributed by atoms with E-state index < -0.39 is 6.04 Å². The third-order valence-electron chi connectivity index (χ3n) is 6.57. The minimum Gasteiger partial charge on any atom is -0.495 e. The van der Waals surface area contributed by atoms with Crippen molar-refractivity contribution in [2.24, 2.45) is 0 Å². The summed E-state index contributed by atoms with van der Waals surface area (Å²) >= 11 is 0. The summed E-state index contributed by atoms with van der Waals surface area (Å²) in [4.78, 5) is 32.5. The maximum atomic E-state index is 13.5. The molecule has 2 aliphatic rings. The van der Waals surface area contributed by atoms with Crippen LogP contribution in [-0.2, 0) is 9.59 Å². The number of aryl methyl sites for hydroxylation is 1. The molecule has 2 heterocycles. The lowest BCUT2D eigenvalue weighted by atomic mass is 10.0. The van der Waals surface area contributed by atoms with Gasteiger partial charge in [0.05, 0.1) is 19.3 Å². The molecule has 7 heteroatoms. The fourth-order valence-electron chi connectivity index (χ4n) is 4.72. The zero-order valence-electron chi connectivity index (χ0n) is 19.6. The van der Waals surface area contributed by atoms with Gasteiger partial charge in [0.1, 0.15) is 11.8 Å². The van der Waals surface area contributed by atoms with Crippen LogP contribution in [0.4, 0.5) is 5.69 Å². The third-order valence-corrected chi connectivity index (χ3v) is 6.57. The van der Waals surface area contributed by atoms with Crippen LogP contribution in [0.3, 0.4) is 0 Å². The number of ether oxygens (including phenoxy) is 1. The third kappa shape index (κ3) is 5.72. The van der Waals surface area contributed by atoms with Gasteiger partial charge < -0.3 is 15.0 Å². The monoisotopic (exact) mass is 450 g/mol. The van der Waals surface area contributed by atoms with Gasteiger partial charge in [-0.2, -0.15) is 0 Å². The van der Waals surface area contributed by atoms with E-state index in [9.17, 15) is 9.59 Å². The average molecular weight is 451 g/mol. The van der Waals surface area contributed by atoms with Crippen molar-refractivity contribution in [2.75, 3.05) is 58.2 Å². The lowest BCUT2D eigenvalue weighted by Crippen LogP contribution is -2.52. The largest absolute Gasteiger partial charge is 0.495 e. The van der Waals surface area contributed by atoms with Gasteiger partial charge >= 0.3 is 0 Å². The molecule has 1 atom stereocenters. The molecule has 0 aromatic heterocycles. The second kappa shape index (κ2) is 10.8. The van der Waals surface area contributed by atoms with Crippen molar-refractivity contribution in [2.45, 2.75) is 25.8 Å². The number of hydrogen-bond donors (Lipinski definition) is 1. The zero-order valence-corrected chi connectivity index (χ0v) is 19.6. The van der Waals surface area contributed by atoms with E-state index in [0.717, 1.165) is 63.2 Å². The van der Waals surface area contributed by atoms with Crippen LogP contribution in [0, 0.1) is 6.92 Å². The van der Waals surface area contributed by atoms with Gasteiger partial charge in [0, 0.05) is 39.3 Å². The Bertz CT molecular complexity index is 951. The Hall–Kier alpha value is -2.90. The molecule has 0 radical (unpaired) electrons. The molecule has 2 aromatic carbocycles. The van der Waals surface area contributed by atoms with Crippen LogP contribution in [0.1, 0.15) is 30.0 Å². The number of methoxy groups -OCH3 is 1. The molecule has 4 rings (SSSR count). The van der Waals surface area contributed by atoms with Gasteiger partial charge in [-0.1, -0.05) is 36.4 Å². The molecule has 33 heavy (non-hydrogen) atoms. The summed E-state index contributed by atoms with van der Waals surface area (Å²) in [5.41, 5.74) is 2.69. The molecule has 0 bridgehead atoms. The van der Waals surface area contributed by atoms with Crippen molar-refractivity contribution in [3.05, 3.63) is 59.7 Å². The maximum Gasteiger partial charge on any atom is 0.246 e. The lowest BCUT2D eigenvalue weighted by molar-refractivity contribution is -0.132. The smallest absolute Gasteiger partial charge is 0.246 e. The van der Waals surface area contributed by atoms with Crippen molar-refractivity contribution in [1.29, 1.82) is 0 Å². The summed E-state index contributed by atoms with van der Waals surface area (Å²) in [6.45, 7) is 7.22. The molecule has 0 saturated carbocycles. The molecule has 1 N–H and O–H groups in total. The van der Waals surface area contributed by atoms with Crippen LogP contribution < -0.4 is 10.1 Å². The molecular formula is C26H34N4O3. The maximum absolute atomic E-state index is 13.5. The first kappa shape index (κ1) is 23.3. The molecule has 2 saturated heterocycles.